The van der Waals surface area contributed by atoms with Gasteiger partial charge in [0.05, 0.1) is 31.9 Å². The van der Waals surface area contributed by atoms with Crippen LogP contribution in [0, 0.1) is 0 Å². The first kappa shape index (κ1) is 18.6. The number of anilines is 1. The topological polar surface area (TPSA) is 48.2 Å². The van der Waals surface area contributed by atoms with Crippen molar-refractivity contribution in [2.45, 2.75) is 52.7 Å². The minimum atomic E-state index is -0.0266. The number of piperazine rings is 1. The molecule has 1 saturated heterocycles. The summed E-state index contributed by atoms with van der Waals surface area (Å²) in [6, 6.07) is 7.89. The van der Waals surface area contributed by atoms with Crippen molar-refractivity contribution in [3.8, 4) is 5.75 Å². The second-order valence-corrected chi connectivity index (χ2v) is 7.29. The van der Waals surface area contributed by atoms with E-state index in [0.29, 0.717) is 5.75 Å². The Morgan fingerprint density at radius 1 is 1.08 bits per heavy atom. The number of carbonyl (C=O) groups is 1. The summed E-state index contributed by atoms with van der Waals surface area (Å²) in [5.74, 6) is 0.571. The van der Waals surface area contributed by atoms with Gasteiger partial charge in [0, 0.05) is 12.1 Å². The molecule has 1 heterocycles. The molecule has 2 rings (SSSR count). The fraction of sp³-hybridized carbons (Fsp3) is 0.632. The molecule has 5 nitrogen and oxygen atoms in total. The Labute approximate surface area is 145 Å². The highest BCUT2D eigenvalue weighted by molar-refractivity contribution is 5.80. The molecule has 0 saturated carbocycles. The summed E-state index contributed by atoms with van der Waals surface area (Å²) in [5, 5.41) is 10.0. The first-order chi connectivity index (χ1) is 11.3. The van der Waals surface area contributed by atoms with Gasteiger partial charge in [0.1, 0.15) is 5.75 Å². The van der Waals surface area contributed by atoms with Crippen molar-refractivity contribution in [2.75, 3.05) is 31.1 Å². The zero-order valence-electron chi connectivity index (χ0n) is 15.6. The van der Waals surface area contributed by atoms with Crippen LogP contribution in [0.5, 0.6) is 5.75 Å². The van der Waals surface area contributed by atoms with Crippen molar-refractivity contribution >= 4 is 11.6 Å². The van der Waals surface area contributed by atoms with E-state index >= 15 is 0 Å². The average molecular weight is 334 g/mol. The van der Waals surface area contributed by atoms with Crippen LogP contribution in [0.1, 0.15) is 34.6 Å². The molecule has 1 aromatic rings. The van der Waals surface area contributed by atoms with Crippen molar-refractivity contribution in [3.63, 3.8) is 0 Å². The second-order valence-electron chi connectivity index (χ2n) is 7.29. The number of para-hydroxylation sites is 2. The lowest BCUT2D eigenvalue weighted by atomic mass is 10.1. The van der Waals surface area contributed by atoms with Crippen LogP contribution < -0.4 is 9.80 Å². The van der Waals surface area contributed by atoms with Gasteiger partial charge in [-0.1, -0.05) is 12.1 Å². The molecule has 0 radical (unpaired) electrons. The fourth-order valence-corrected chi connectivity index (χ4v) is 3.70. The molecular formula is C19H32N3O2+. The Kier molecular flexibility index (Phi) is 6.10. The zero-order valence-corrected chi connectivity index (χ0v) is 15.6. The van der Waals surface area contributed by atoms with Gasteiger partial charge >= 0.3 is 0 Å². The SMILES string of the molecule is CC(C)N(C(=O)[C@H](C)[NH+]1CCN(c2ccccc2O)CC1)C(C)C. The number of aromatic hydroxyl groups is 1. The maximum absolute atomic E-state index is 12.9. The minimum absolute atomic E-state index is 0.0266. The van der Waals surface area contributed by atoms with E-state index in [1.165, 1.54) is 4.90 Å². The van der Waals surface area contributed by atoms with Crippen molar-refractivity contribution in [1.29, 1.82) is 0 Å². The third-order valence-electron chi connectivity index (χ3n) is 4.98. The van der Waals surface area contributed by atoms with Gasteiger partial charge in [0.15, 0.2) is 6.04 Å². The molecule has 2 N–H and O–H groups in total. The maximum Gasteiger partial charge on any atom is 0.281 e. The van der Waals surface area contributed by atoms with Crippen LogP contribution in [0.25, 0.3) is 0 Å². The molecule has 1 aromatic carbocycles. The number of quaternary nitrogens is 1. The maximum atomic E-state index is 12.9. The van der Waals surface area contributed by atoms with Crippen molar-refractivity contribution in [1.82, 2.24) is 4.90 Å². The quantitative estimate of drug-likeness (QED) is 0.849. The number of phenolic OH excluding ortho intramolecular Hbond substituents is 1. The molecule has 1 aliphatic heterocycles. The van der Waals surface area contributed by atoms with Gasteiger partial charge in [-0.15, -0.1) is 0 Å². The van der Waals surface area contributed by atoms with E-state index in [0.717, 1.165) is 31.9 Å². The third kappa shape index (κ3) is 4.01. The highest BCUT2D eigenvalue weighted by Crippen LogP contribution is 2.26. The van der Waals surface area contributed by atoms with Crippen LogP contribution in [-0.2, 0) is 4.79 Å². The van der Waals surface area contributed by atoms with Crippen molar-refractivity contribution in [3.05, 3.63) is 24.3 Å². The zero-order chi connectivity index (χ0) is 17.9. The summed E-state index contributed by atoms with van der Waals surface area (Å²) in [4.78, 5) is 18.4. The van der Waals surface area contributed by atoms with E-state index in [2.05, 4.69) is 32.6 Å². The number of phenols is 1. The van der Waals surface area contributed by atoms with Gasteiger partial charge < -0.3 is 19.8 Å². The summed E-state index contributed by atoms with van der Waals surface area (Å²) < 4.78 is 0. The number of nitrogens with zero attached hydrogens (tertiary/aromatic N) is 2. The standard InChI is InChI=1S/C19H31N3O2/c1-14(2)22(15(3)4)19(24)16(5)20-10-12-21(13-11-20)17-8-6-7-9-18(17)23/h6-9,14-16,23H,10-13H2,1-5H3/p+1/t16-/m0/s1. The normalized spacial score (nSPS) is 17.4. The van der Waals surface area contributed by atoms with E-state index in [9.17, 15) is 9.90 Å². The van der Waals surface area contributed by atoms with Crippen molar-refractivity contribution < 1.29 is 14.8 Å². The Bertz CT molecular complexity index is 543. The van der Waals surface area contributed by atoms with E-state index in [-0.39, 0.29) is 24.0 Å². The predicted molar refractivity (Wildman–Crippen MR) is 97.6 cm³/mol. The number of benzene rings is 1. The molecule has 0 bridgehead atoms. The van der Waals surface area contributed by atoms with Gasteiger partial charge in [-0.05, 0) is 46.8 Å². The van der Waals surface area contributed by atoms with Crippen molar-refractivity contribution in [2.24, 2.45) is 0 Å². The molecule has 0 spiro atoms. The van der Waals surface area contributed by atoms with E-state index < -0.39 is 0 Å². The van der Waals surface area contributed by atoms with Crippen LogP contribution in [0.4, 0.5) is 5.69 Å². The summed E-state index contributed by atoms with van der Waals surface area (Å²) in [7, 11) is 0. The molecule has 0 unspecified atom stereocenters. The molecule has 0 aliphatic carbocycles. The molecular weight excluding hydrogens is 302 g/mol. The minimum Gasteiger partial charge on any atom is -0.506 e. The third-order valence-corrected chi connectivity index (χ3v) is 4.98. The lowest BCUT2D eigenvalue weighted by molar-refractivity contribution is -0.915. The molecule has 0 aromatic heterocycles. The van der Waals surface area contributed by atoms with Crippen LogP contribution in [0.15, 0.2) is 24.3 Å². The molecule has 1 amide bonds. The lowest BCUT2D eigenvalue weighted by Crippen LogP contribution is -3.19. The number of hydrogen-bond acceptors (Lipinski definition) is 3. The molecule has 1 fully saturated rings. The average Bonchev–Trinajstić information content (AvgIpc) is 2.54. The van der Waals surface area contributed by atoms with Gasteiger partial charge in [0.2, 0.25) is 0 Å². The fourth-order valence-electron chi connectivity index (χ4n) is 3.70. The molecule has 24 heavy (non-hydrogen) atoms. The molecule has 134 valence electrons. The highest BCUT2D eigenvalue weighted by Gasteiger charge is 2.34. The predicted octanol–water partition coefficient (Wildman–Crippen LogP) is 1.13. The van der Waals surface area contributed by atoms with Crippen LogP contribution in [-0.4, -0.2) is 60.2 Å². The first-order valence-electron chi connectivity index (χ1n) is 9.02. The van der Waals surface area contributed by atoms with E-state index in [4.69, 9.17) is 0 Å². The Morgan fingerprint density at radius 3 is 2.12 bits per heavy atom. The number of nitrogens with one attached hydrogen (secondary N) is 1. The molecule has 1 atom stereocenters. The first-order valence-corrected chi connectivity index (χ1v) is 9.02. The summed E-state index contributed by atoms with van der Waals surface area (Å²) in [5.41, 5.74) is 0.890. The smallest absolute Gasteiger partial charge is 0.281 e. The van der Waals surface area contributed by atoms with Crippen LogP contribution in [0.3, 0.4) is 0 Å². The second kappa shape index (κ2) is 7.88. The monoisotopic (exact) mass is 334 g/mol. The van der Waals surface area contributed by atoms with Gasteiger partial charge in [0.25, 0.3) is 5.91 Å². The largest absolute Gasteiger partial charge is 0.506 e. The molecule has 5 heteroatoms. The van der Waals surface area contributed by atoms with Gasteiger partial charge in [-0.2, -0.15) is 0 Å². The van der Waals surface area contributed by atoms with Crippen LogP contribution in [0.2, 0.25) is 0 Å². The number of hydrogen-bond donors (Lipinski definition) is 2. The summed E-state index contributed by atoms with van der Waals surface area (Å²) in [6.45, 7) is 13.9. The van der Waals surface area contributed by atoms with E-state index in [1.807, 2.05) is 30.0 Å². The summed E-state index contributed by atoms with van der Waals surface area (Å²) >= 11 is 0. The lowest BCUT2D eigenvalue weighted by Gasteiger charge is -2.39. The van der Waals surface area contributed by atoms with Gasteiger partial charge in [-0.25, -0.2) is 0 Å². The highest BCUT2D eigenvalue weighted by atomic mass is 16.3. The van der Waals surface area contributed by atoms with Crippen LogP contribution >= 0.6 is 0 Å². The molecule has 1 aliphatic rings. The van der Waals surface area contributed by atoms with Gasteiger partial charge in [-0.3, -0.25) is 4.79 Å². The summed E-state index contributed by atoms with van der Waals surface area (Å²) in [6.07, 6.45) is 0. The Hall–Kier alpha value is -1.75. The number of amides is 1. The number of rotatable bonds is 5. The Morgan fingerprint density at radius 2 is 1.62 bits per heavy atom. The number of carbonyl (C=O) groups excluding carboxylic acids is 1. The Balaban J connectivity index is 1.98. The van der Waals surface area contributed by atoms with E-state index in [1.54, 1.807) is 6.07 Å².